The third-order valence-corrected chi connectivity index (χ3v) is 8.18. The maximum Gasteiger partial charge on any atom is 0.258 e. The number of hydrogen-bond acceptors (Lipinski definition) is 4. The predicted octanol–water partition coefficient (Wildman–Crippen LogP) is 2.86. The minimum Gasteiger partial charge on any atom is -0.395 e. The number of carbonyl (C=O) groups is 1. The third kappa shape index (κ3) is 3.08. The molecular formula is C24H22N2O4S. The highest BCUT2D eigenvalue weighted by Crippen LogP contribution is 2.50. The van der Waals surface area contributed by atoms with E-state index in [1.54, 1.807) is 47.4 Å². The van der Waals surface area contributed by atoms with Gasteiger partial charge in [0, 0.05) is 23.7 Å². The number of carbonyl (C=O) groups excluding carboxylic acids is 1. The Morgan fingerprint density at radius 2 is 1.52 bits per heavy atom. The van der Waals surface area contributed by atoms with E-state index in [0.717, 1.165) is 11.3 Å². The van der Waals surface area contributed by atoms with E-state index >= 15 is 0 Å². The second-order valence-corrected chi connectivity index (χ2v) is 9.67. The molecule has 0 radical (unpaired) electrons. The van der Waals surface area contributed by atoms with Gasteiger partial charge in [-0.05, 0) is 35.9 Å². The zero-order valence-electron chi connectivity index (χ0n) is 16.7. The van der Waals surface area contributed by atoms with E-state index < -0.39 is 22.1 Å². The van der Waals surface area contributed by atoms with Gasteiger partial charge in [0.25, 0.3) is 5.91 Å². The molecule has 1 saturated heterocycles. The van der Waals surface area contributed by atoms with Crippen molar-refractivity contribution in [3.05, 3.63) is 96.1 Å². The number of nitrogens with zero attached hydrogens (tertiary/aromatic N) is 2. The average molecular weight is 435 g/mol. The number of amides is 1. The van der Waals surface area contributed by atoms with Gasteiger partial charge in [-0.1, -0.05) is 54.6 Å². The van der Waals surface area contributed by atoms with Crippen molar-refractivity contribution >= 4 is 21.6 Å². The number of benzene rings is 3. The first kappa shape index (κ1) is 19.9. The van der Waals surface area contributed by atoms with Crippen LogP contribution in [-0.2, 0) is 10.0 Å². The summed E-state index contributed by atoms with van der Waals surface area (Å²) in [6.07, 6.45) is 0. The van der Waals surface area contributed by atoms with Crippen LogP contribution in [0.1, 0.15) is 21.8 Å². The number of aliphatic hydroxyl groups excluding tert-OH is 1. The Labute approximate surface area is 181 Å². The number of aliphatic hydroxyl groups is 1. The van der Waals surface area contributed by atoms with Crippen LogP contribution in [0.5, 0.6) is 0 Å². The number of sulfonamides is 1. The highest BCUT2D eigenvalue weighted by atomic mass is 32.2. The first-order chi connectivity index (χ1) is 15.0. The van der Waals surface area contributed by atoms with Crippen LogP contribution in [0.4, 0.5) is 5.69 Å². The molecule has 2 aliphatic heterocycles. The third-order valence-electron chi connectivity index (χ3n) is 6.21. The molecule has 6 nitrogen and oxygen atoms in total. The molecule has 2 heterocycles. The lowest BCUT2D eigenvalue weighted by molar-refractivity contribution is 0.0276. The van der Waals surface area contributed by atoms with Gasteiger partial charge in [0.2, 0.25) is 10.0 Å². The Hall–Kier alpha value is -3.00. The summed E-state index contributed by atoms with van der Waals surface area (Å²) in [5.41, 5.74) is 2.21. The van der Waals surface area contributed by atoms with E-state index in [0.29, 0.717) is 5.56 Å². The first-order valence-electron chi connectivity index (χ1n) is 10.2. The molecular weight excluding hydrogens is 412 g/mol. The van der Waals surface area contributed by atoms with Gasteiger partial charge in [0.1, 0.15) is 0 Å². The van der Waals surface area contributed by atoms with E-state index in [-0.39, 0.29) is 29.9 Å². The summed E-state index contributed by atoms with van der Waals surface area (Å²) >= 11 is 0. The summed E-state index contributed by atoms with van der Waals surface area (Å²) in [7, 11) is -3.81. The van der Waals surface area contributed by atoms with Crippen molar-refractivity contribution in [2.45, 2.75) is 22.9 Å². The maximum absolute atomic E-state index is 13.4. The van der Waals surface area contributed by atoms with E-state index in [1.165, 1.54) is 4.31 Å². The van der Waals surface area contributed by atoms with Crippen molar-refractivity contribution in [1.82, 2.24) is 4.31 Å². The van der Waals surface area contributed by atoms with Crippen LogP contribution in [0.3, 0.4) is 0 Å². The fourth-order valence-corrected chi connectivity index (χ4v) is 6.67. The Balaban J connectivity index is 1.58. The molecule has 158 valence electrons. The monoisotopic (exact) mass is 434 g/mol. The van der Waals surface area contributed by atoms with E-state index in [9.17, 15) is 18.3 Å². The molecule has 3 atom stereocenters. The lowest BCUT2D eigenvalue weighted by atomic mass is 9.74. The Bertz CT molecular complexity index is 1210. The highest BCUT2D eigenvalue weighted by Gasteiger charge is 2.58. The van der Waals surface area contributed by atoms with Gasteiger partial charge >= 0.3 is 0 Å². The minimum absolute atomic E-state index is 0.167. The van der Waals surface area contributed by atoms with Gasteiger partial charge < -0.3 is 10.0 Å². The van der Waals surface area contributed by atoms with Crippen molar-refractivity contribution in [1.29, 1.82) is 0 Å². The summed E-state index contributed by atoms with van der Waals surface area (Å²) in [5.74, 6) is -0.337. The van der Waals surface area contributed by atoms with Crippen LogP contribution < -0.4 is 4.90 Å². The predicted molar refractivity (Wildman–Crippen MR) is 117 cm³/mol. The van der Waals surface area contributed by atoms with Crippen LogP contribution in [0.25, 0.3) is 0 Å². The van der Waals surface area contributed by atoms with Crippen molar-refractivity contribution in [2.75, 3.05) is 18.1 Å². The van der Waals surface area contributed by atoms with E-state index in [2.05, 4.69) is 0 Å². The Morgan fingerprint density at radius 3 is 2.19 bits per heavy atom. The SMILES string of the molecule is O=C(c1ccccc1)N1C[C@H]2[C@@H](c3ccccc31)[C@@H](CO)N2S(=O)(=O)c1ccccc1. The van der Waals surface area contributed by atoms with Crippen LogP contribution >= 0.6 is 0 Å². The van der Waals surface area contributed by atoms with Crippen LogP contribution in [-0.4, -0.2) is 49.0 Å². The second-order valence-electron chi connectivity index (χ2n) is 7.83. The highest BCUT2D eigenvalue weighted by molar-refractivity contribution is 7.89. The molecule has 0 aromatic heterocycles. The zero-order chi connectivity index (χ0) is 21.6. The lowest BCUT2D eigenvalue weighted by Crippen LogP contribution is -2.70. The molecule has 5 rings (SSSR count). The number of fused-ring (bicyclic) bond motifs is 3. The normalized spacial score (nSPS) is 22.9. The van der Waals surface area contributed by atoms with Gasteiger partial charge in [-0.25, -0.2) is 8.42 Å². The molecule has 2 aliphatic rings. The molecule has 1 fully saturated rings. The van der Waals surface area contributed by atoms with E-state index in [1.807, 2.05) is 42.5 Å². The van der Waals surface area contributed by atoms with Gasteiger partial charge in [0.15, 0.2) is 0 Å². The van der Waals surface area contributed by atoms with Crippen LogP contribution in [0, 0.1) is 0 Å². The molecule has 1 amide bonds. The molecule has 1 N–H and O–H groups in total. The van der Waals surface area contributed by atoms with Crippen LogP contribution in [0.2, 0.25) is 0 Å². The fraction of sp³-hybridized carbons (Fsp3) is 0.208. The van der Waals surface area contributed by atoms with Crippen molar-refractivity contribution < 1.29 is 18.3 Å². The van der Waals surface area contributed by atoms with Gasteiger partial charge in [0.05, 0.1) is 23.6 Å². The molecule has 0 aliphatic carbocycles. The number of anilines is 1. The molecule has 3 aromatic rings. The molecule has 0 bridgehead atoms. The Morgan fingerprint density at radius 1 is 0.903 bits per heavy atom. The molecule has 7 heteroatoms. The van der Waals surface area contributed by atoms with E-state index in [4.69, 9.17) is 0 Å². The van der Waals surface area contributed by atoms with Crippen molar-refractivity contribution in [3.8, 4) is 0 Å². The van der Waals surface area contributed by atoms with Crippen molar-refractivity contribution in [2.24, 2.45) is 0 Å². The van der Waals surface area contributed by atoms with Gasteiger partial charge in [-0.2, -0.15) is 4.31 Å². The largest absolute Gasteiger partial charge is 0.395 e. The second kappa shape index (κ2) is 7.60. The quantitative estimate of drug-likeness (QED) is 0.685. The molecule has 0 spiro atoms. The average Bonchev–Trinajstić information content (AvgIpc) is 2.80. The standard InChI is InChI=1S/C24H22N2O4S/c27-16-22-23-19-13-7-8-14-20(19)25(24(28)17-9-3-1-4-10-17)15-21(23)26(22)31(29,30)18-11-5-2-6-12-18/h1-14,21-23,27H,15-16H2/t21-,22+,23+/m0/s1. The molecule has 31 heavy (non-hydrogen) atoms. The molecule has 0 saturated carbocycles. The minimum atomic E-state index is -3.81. The smallest absolute Gasteiger partial charge is 0.258 e. The van der Waals surface area contributed by atoms with Gasteiger partial charge in [-0.3, -0.25) is 4.79 Å². The summed E-state index contributed by atoms with van der Waals surface area (Å²) < 4.78 is 28.2. The van der Waals surface area contributed by atoms with Gasteiger partial charge in [-0.15, -0.1) is 0 Å². The van der Waals surface area contributed by atoms with Crippen LogP contribution in [0.15, 0.2) is 89.8 Å². The zero-order valence-corrected chi connectivity index (χ0v) is 17.5. The number of para-hydroxylation sites is 1. The number of hydrogen-bond donors (Lipinski definition) is 1. The molecule has 3 aromatic carbocycles. The fourth-order valence-electron chi connectivity index (χ4n) is 4.82. The Kier molecular flexibility index (Phi) is 4.89. The summed E-state index contributed by atoms with van der Waals surface area (Å²) in [6, 6.07) is 23.8. The topological polar surface area (TPSA) is 77.9 Å². The summed E-state index contributed by atoms with van der Waals surface area (Å²) in [6.45, 7) is -0.0494. The molecule has 0 unspecified atom stereocenters. The lowest BCUT2D eigenvalue weighted by Gasteiger charge is -2.57. The van der Waals surface area contributed by atoms with Crippen molar-refractivity contribution in [3.63, 3.8) is 0 Å². The summed E-state index contributed by atoms with van der Waals surface area (Å²) in [5, 5.41) is 10.1. The maximum atomic E-state index is 13.4. The summed E-state index contributed by atoms with van der Waals surface area (Å²) in [4.78, 5) is 15.2. The number of rotatable bonds is 4. The first-order valence-corrected chi connectivity index (χ1v) is 11.6.